The Bertz CT molecular complexity index is 941. The second kappa shape index (κ2) is 10.8. The molecule has 0 spiro atoms. The van der Waals surface area contributed by atoms with Crippen LogP contribution >= 0.6 is 11.3 Å². The Kier molecular flexibility index (Phi) is 8.15. The molecule has 10 heteroatoms. The SMILES string of the molecule is CCOC(=O)c1csc(N2CCN(Cc3ccc(OC)cc3)C(NC(=O)OC(C)(C)C)C2)n1. The van der Waals surface area contributed by atoms with Gasteiger partial charge in [-0.25, -0.2) is 14.6 Å². The number of nitrogens with zero attached hydrogens (tertiary/aromatic N) is 3. The second-order valence-corrected chi connectivity index (χ2v) is 9.50. The fourth-order valence-corrected chi connectivity index (χ4v) is 4.27. The fourth-order valence-electron chi connectivity index (χ4n) is 3.44. The van der Waals surface area contributed by atoms with Crippen LogP contribution in [0.5, 0.6) is 5.75 Å². The van der Waals surface area contributed by atoms with E-state index in [4.69, 9.17) is 14.2 Å². The highest BCUT2D eigenvalue weighted by molar-refractivity contribution is 7.13. The zero-order chi connectivity index (χ0) is 24.0. The molecule has 2 aromatic rings. The van der Waals surface area contributed by atoms with E-state index < -0.39 is 17.7 Å². The van der Waals surface area contributed by atoms with Gasteiger partial charge in [-0.1, -0.05) is 12.1 Å². The van der Waals surface area contributed by atoms with Crippen LogP contribution in [0.15, 0.2) is 29.6 Å². The Morgan fingerprint density at radius 2 is 1.94 bits per heavy atom. The van der Waals surface area contributed by atoms with Crippen LogP contribution < -0.4 is 15.0 Å². The van der Waals surface area contributed by atoms with Crippen LogP contribution in [0.25, 0.3) is 0 Å². The molecule has 1 atom stereocenters. The van der Waals surface area contributed by atoms with Crippen LogP contribution in [-0.2, 0) is 16.0 Å². The summed E-state index contributed by atoms with van der Waals surface area (Å²) >= 11 is 1.39. The molecule has 2 heterocycles. The number of methoxy groups -OCH3 is 1. The van der Waals surface area contributed by atoms with Gasteiger partial charge < -0.3 is 24.4 Å². The second-order valence-electron chi connectivity index (χ2n) is 8.66. The minimum Gasteiger partial charge on any atom is -0.497 e. The molecule has 9 nitrogen and oxygen atoms in total. The number of benzene rings is 1. The van der Waals surface area contributed by atoms with Gasteiger partial charge in [-0.15, -0.1) is 11.3 Å². The van der Waals surface area contributed by atoms with Gasteiger partial charge in [0.25, 0.3) is 0 Å². The molecule has 1 aromatic heterocycles. The van der Waals surface area contributed by atoms with E-state index in [2.05, 4.69) is 20.1 Å². The van der Waals surface area contributed by atoms with Crippen molar-refractivity contribution in [3.05, 3.63) is 40.9 Å². The third-order valence-corrected chi connectivity index (χ3v) is 5.87. The predicted octanol–water partition coefficient (Wildman–Crippen LogP) is 3.50. The van der Waals surface area contributed by atoms with Crippen LogP contribution in [0.3, 0.4) is 0 Å². The number of rotatable bonds is 7. The molecule has 0 aliphatic carbocycles. The normalized spacial score (nSPS) is 16.9. The lowest BCUT2D eigenvalue weighted by Crippen LogP contribution is -2.60. The lowest BCUT2D eigenvalue weighted by Gasteiger charge is -2.41. The van der Waals surface area contributed by atoms with Gasteiger partial charge in [0.2, 0.25) is 0 Å². The number of esters is 1. The fraction of sp³-hybridized carbons (Fsp3) is 0.522. The number of ether oxygens (including phenoxy) is 3. The van der Waals surface area contributed by atoms with Crippen LogP contribution in [0.2, 0.25) is 0 Å². The summed E-state index contributed by atoms with van der Waals surface area (Å²) in [5, 5.41) is 5.42. The first-order valence-corrected chi connectivity index (χ1v) is 11.8. The van der Waals surface area contributed by atoms with Gasteiger partial charge in [0.15, 0.2) is 10.8 Å². The number of thiazole rings is 1. The molecular weight excluding hydrogens is 444 g/mol. The molecule has 0 bridgehead atoms. The van der Waals surface area contributed by atoms with Gasteiger partial charge in [0.05, 0.1) is 20.3 Å². The number of alkyl carbamates (subject to hydrolysis) is 1. The molecular formula is C23H32N4O5S. The maximum atomic E-state index is 12.5. The third-order valence-electron chi connectivity index (χ3n) is 4.97. The Morgan fingerprint density at radius 1 is 1.21 bits per heavy atom. The molecule has 1 unspecified atom stereocenters. The van der Waals surface area contributed by atoms with Gasteiger partial charge in [0, 0.05) is 25.0 Å². The summed E-state index contributed by atoms with van der Waals surface area (Å²) in [4.78, 5) is 33.3. The molecule has 1 aromatic carbocycles. The molecule has 1 N–H and O–H groups in total. The molecule has 180 valence electrons. The summed E-state index contributed by atoms with van der Waals surface area (Å²) < 4.78 is 15.8. The molecule has 1 aliphatic rings. The number of hydrogen-bond donors (Lipinski definition) is 1. The Hall–Kier alpha value is -2.85. The number of carbonyl (C=O) groups excluding carboxylic acids is 2. The molecule has 1 amide bonds. The Balaban J connectivity index is 1.74. The van der Waals surface area contributed by atoms with E-state index >= 15 is 0 Å². The number of hydrogen-bond acceptors (Lipinski definition) is 9. The van der Waals surface area contributed by atoms with Crippen molar-refractivity contribution < 1.29 is 23.8 Å². The number of carbonyl (C=O) groups is 2. The first-order valence-electron chi connectivity index (χ1n) is 10.9. The lowest BCUT2D eigenvalue weighted by molar-refractivity contribution is 0.0392. The van der Waals surface area contributed by atoms with Gasteiger partial charge >= 0.3 is 12.1 Å². The van der Waals surface area contributed by atoms with E-state index in [1.165, 1.54) is 11.3 Å². The topological polar surface area (TPSA) is 93.2 Å². The molecule has 1 saturated heterocycles. The first-order chi connectivity index (χ1) is 15.7. The predicted molar refractivity (Wildman–Crippen MR) is 127 cm³/mol. The Labute approximate surface area is 198 Å². The van der Waals surface area contributed by atoms with Gasteiger partial charge in [-0.3, -0.25) is 4.90 Å². The van der Waals surface area contributed by atoms with Crippen molar-refractivity contribution in [2.45, 2.75) is 46.0 Å². The number of piperazine rings is 1. The maximum Gasteiger partial charge on any atom is 0.408 e. The van der Waals surface area contributed by atoms with Crippen molar-refractivity contribution in [2.24, 2.45) is 0 Å². The lowest BCUT2D eigenvalue weighted by atomic mass is 10.1. The van der Waals surface area contributed by atoms with Crippen LogP contribution in [0.4, 0.5) is 9.93 Å². The molecule has 33 heavy (non-hydrogen) atoms. The molecule has 0 saturated carbocycles. The molecule has 1 fully saturated rings. The summed E-state index contributed by atoms with van der Waals surface area (Å²) in [6, 6.07) is 7.88. The van der Waals surface area contributed by atoms with Crippen LogP contribution in [-0.4, -0.2) is 67.1 Å². The largest absolute Gasteiger partial charge is 0.497 e. The number of anilines is 1. The first kappa shape index (κ1) is 24.8. The van der Waals surface area contributed by atoms with Crippen molar-refractivity contribution in [1.82, 2.24) is 15.2 Å². The standard InChI is InChI=1S/C23H32N4O5S/c1-6-31-20(28)18-15-33-21(24-18)27-12-11-26(13-16-7-9-17(30-5)10-8-16)19(14-27)25-22(29)32-23(2,3)4/h7-10,15,19H,6,11-14H2,1-5H3,(H,25,29). The van der Waals surface area contributed by atoms with E-state index in [0.29, 0.717) is 38.5 Å². The summed E-state index contributed by atoms with van der Waals surface area (Å²) in [5.74, 6) is 0.370. The summed E-state index contributed by atoms with van der Waals surface area (Å²) in [6.45, 7) is 10.1. The number of nitrogens with one attached hydrogen (secondary N) is 1. The number of amides is 1. The minimum atomic E-state index is -0.594. The van der Waals surface area contributed by atoms with E-state index in [9.17, 15) is 9.59 Å². The van der Waals surface area contributed by atoms with E-state index in [1.807, 2.05) is 45.0 Å². The van der Waals surface area contributed by atoms with Crippen LogP contribution in [0, 0.1) is 0 Å². The van der Waals surface area contributed by atoms with Gasteiger partial charge in [-0.05, 0) is 45.4 Å². The highest BCUT2D eigenvalue weighted by Gasteiger charge is 2.31. The van der Waals surface area contributed by atoms with E-state index in [1.54, 1.807) is 19.4 Å². The molecule has 1 aliphatic heterocycles. The van der Waals surface area contributed by atoms with Crippen molar-refractivity contribution in [2.75, 3.05) is 38.3 Å². The van der Waals surface area contributed by atoms with Crippen molar-refractivity contribution in [3.63, 3.8) is 0 Å². The minimum absolute atomic E-state index is 0.300. The van der Waals surface area contributed by atoms with Crippen molar-refractivity contribution in [1.29, 1.82) is 0 Å². The summed E-state index contributed by atoms with van der Waals surface area (Å²) in [5.41, 5.74) is 0.816. The van der Waals surface area contributed by atoms with Crippen molar-refractivity contribution in [3.8, 4) is 5.75 Å². The van der Waals surface area contributed by atoms with E-state index in [0.717, 1.165) is 16.4 Å². The average molecular weight is 477 g/mol. The Morgan fingerprint density at radius 3 is 2.58 bits per heavy atom. The highest BCUT2D eigenvalue weighted by atomic mass is 32.1. The molecule has 0 radical (unpaired) electrons. The smallest absolute Gasteiger partial charge is 0.408 e. The monoisotopic (exact) mass is 476 g/mol. The van der Waals surface area contributed by atoms with E-state index in [-0.39, 0.29) is 6.17 Å². The zero-order valence-corrected chi connectivity index (χ0v) is 20.6. The van der Waals surface area contributed by atoms with Crippen LogP contribution in [0.1, 0.15) is 43.7 Å². The highest BCUT2D eigenvalue weighted by Crippen LogP contribution is 2.25. The molecule has 3 rings (SSSR count). The van der Waals surface area contributed by atoms with Gasteiger partial charge in [0.1, 0.15) is 17.5 Å². The number of aromatic nitrogens is 1. The quantitative estimate of drug-likeness (QED) is 0.607. The van der Waals surface area contributed by atoms with Crippen molar-refractivity contribution >= 4 is 28.5 Å². The van der Waals surface area contributed by atoms with Gasteiger partial charge in [-0.2, -0.15) is 0 Å². The average Bonchev–Trinajstić information content (AvgIpc) is 3.25. The summed E-state index contributed by atoms with van der Waals surface area (Å²) in [7, 11) is 1.64. The third kappa shape index (κ3) is 7.06. The summed E-state index contributed by atoms with van der Waals surface area (Å²) in [6.07, 6.45) is -0.772. The maximum absolute atomic E-state index is 12.5. The zero-order valence-electron chi connectivity index (χ0n) is 19.8.